The first-order chi connectivity index (χ1) is 42.1. The van der Waals surface area contributed by atoms with Crippen LogP contribution in [0.4, 0.5) is 0 Å². The van der Waals surface area contributed by atoms with Crippen LogP contribution in [0.5, 0.6) is 0 Å². The van der Waals surface area contributed by atoms with E-state index in [1.165, 1.54) is 6.92 Å². The largest absolute Gasteiger partial charge is 0.481 e. The molecule has 0 radical (unpaired) electrons. The normalized spacial score (nSPS) is 48.2. The molecular formula is C49H83NO37S2. The number of ether oxygens (including phenoxy) is 13. The van der Waals surface area contributed by atoms with Crippen LogP contribution >= 0.6 is 23.5 Å². The standard InChI is InChI=1S/C49H83NO37S2/c1-12(42(71)72)8-88-10-20-23(58)24(59)30(65)44(80-20)83-37-16(3-52)77-46(32(67)26(37)61)85-39-18(5-54)79-48(34(69)28(39)63)87-41-21(11-89-9-13(50)43(73)74)81-49(35(70)29(41)64)86-40-19(6-55)78-47(33(68)27(40)62)84-38-17(4-53)76-45(31(66)25(38)60)82-36-15(2-51)75-7-14(56)22(36)57/h12-41,44-49,51-70H,2-11,50H2,1H3,(H,71,72)(H,73,74)/t12-,13-,14?,15?,16?,17?,18?,19?,20?,21?,22-,23-,24+,25?,26?,27?,28?,29?,30?,31+,32+,33+,34+,35+,36-,37-,38-,39-,40-,41-,44-,45-,46+,47-,48+,49+/m1/s1. The number of carboxylic acid groups (broad SMARTS) is 2. The summed E-state index contributed by atoms with van der Waals surface area (Å²) in [5.74, 6) is -4.08. The van der Waals surface area contributed by atoms with Gasteiger partial charge in [0.15, 0.2) is 37.7 Å². The minimum absolute atomic E-state index is 0.0669. The van der Waals surface area contributed by atoms with Crippen LogP contribution in [-0.4, -0.2) is 402 Å². The second-order valence-electron chi connectivity index (χ2n) is 22.3. The third kappa shape index (κ3) is 17.1. The van der Waals surface area contributed by atoms with Crippen LogP contribution < -0.4 is 5.73 Å². The quantitative estimate of drug-likeness (QED) is 0.0363. The van der Waals surface area contributed by atoms with Gasteiger partial charge in [-0.25, -0.2) is 0 Å². The van der Waals surface area contributed by atoms with Crippen molar-refractivity contribution in [2.45, 2.75) is 222 Å². The Kier molecular flexibility index (Phi) is 27.9. The molecule has 7 rings (SSSR count). The fourth-order valence-electron chi connectivity index (χ4n) is 10.7. The van der Waals surface area contributed by atoms with Gasteiger partial charge in [0.25, 0.3) is 0 Å². The molecular weight excluding hydrogens is 1260 g/mol. The summed E-state index contributed by atoms with van der Waals surface area (Å²) in [5.41, 5.74) is 5.70. The topological polar surface area (TPSA) is 625 Å². The van der Waals surface area contributed by atoms with Gasteiger partial charge in [-0.05, 0) is 0 Å². The van der Waals surface area contributed by atoms with Crippen LogP contribution in [0.25, 0.3) is 0 Å². The molecule has 14 unspecified atom stereocenters. The van der Waals surface area contributed by atoms with Gasteiger partial charge in [0.2, 0.25) is 0 Å². The Morgan fingerprint density at radius 2 is 0.663 bits per heavy atom. The summed E-state index contributed by atoms with van der Waals surface area (Å²) in [4.78, 5) is 22.9. The SMILES string of the molecule is C[C@H](CSCC1O[C@H](O[C@@H]2C(CO)O[C@@H](O[C@@H]3C(CO)O[C@@H](O[C@@H]4C(CSC[C@@H](N)C(=O)O)O[C@@H](O[C@@H]5C(CO)O[C@H](O[C@@H]6C(CO)O[C@H](O[C@@H]7C(CO)OCC(O)[C@H]7O)[C@@H](O)C6O)[C@@H](O)C5O)[C@@H](O)C4O)[C@@H](O)C3O)[C@@H](O)C2O)C(O)[C@@H](O)[C@@H]1O)C(=O)O. The van der Waals surface area contributed by atoms with Crippen molar-refractivity contribution in [2.75, 3.05) is 62.7 Å². The van der Waals surface area contributed by atoms with Gasteiger partial charge in [-0.3, -0.25) is 9.59 Å². The Morgan fingerprint density at radius 1 is 0.382 bits per heavy atom. The van der Waals surface area contributed by atoms with Crippen molar-refractivity contribution < 1.29 is 184 Å². The van der Waals surface area contributed by atoms with Gasteiger partial charge in [-0.2, -0.15) is 23.5 Å². The molecule has 7 aliphatic heterocycles. The van der Waals surface area contributed by atoms with E-state index >= 15 is 0 Å². The number of thioether (sulfide) groups is 2. The maximum atomic E-state index is 11.7. The Bertz CT molecular complexity index is 2170. The lowest BCUT2D eigenvalue weighted by molar-refractivity contribution is -0.395. The lowest BCUT2D eigenvalue weighted by Crippen LogP contribution is -2.68. The molecule has 38 nitrogen and oxygen atoms in total. The molecule has 7 heterocycles. The summed E-state index contributed by atoms with van der Waals surface area (Å²) in [5, 5.41) is 236. The maximum Gasteiger partial charge on any atom is 0.321 e. The summed E-state index contributed by atoms with van der Waals surface area (Å²) in [6, 6.07) is -1.47. The molecule has 0 amide bonds. The van der Waals surface area contributed by atoms with E-state index in [2.05, 4.69) is 0 Å². The molecule has 7 aliphatic rings. The van der Waals surface area contributed by atoms with E-state index in [0.717, 1.165) is 23.5 Å². The van der Waals surface area contributed by atoms with E-state index in [0.29, 0.717) is 0 Å². The van der Waals surface area contributed by atoms with Crippen LogP contribution in [0.15, 0.2) is 0 Å². The van der Waals surface area contributed by atoms with Crippen molar-refractivity contribution >= 4 is 35.5 Å². The van der Waals surface area contributed by atoms with E-state index in [1.54, 1.807) is 0 Å². The number of aliphatic carboxylic acids is 2. The molecule has 24 N–H and O–H groups in total. The van der Waals surface area contributed by atoms with Gasteiger partial charge >= 0.3 is 11.9 Å². The molecule has 0 spiro atoms. The number of aliphatic hydroxyl groups excluding tert-OH is 20. The molecule has 0 saturated carbocycles. The van der Waals surface area contributed by atoms with E-state index in [-0.39, 0.29) is 23.9 Å². The molecule has 7 fully saturated rings. The smallest absolute Gasteiger partial charge is 0.321 e. The number of hydrogen-bond donors (Lipinski definition) is 23. The highest BCUT2D eigenvalue weighted by Crippen LogP contribution is 2.38. The van der Waals surface area contributed by atoms with E-state index in [4.69, 9.17) is 67.3 Å². The Balaban J connectivity index is 0.993. The highest BCUT2D eigenvalue weighted by atomic mass is 32.2. The average Bonchev–Trinajstić information content (AvgIpc) is 1.39. The third-order valence-electron chi connectivity index (χ3n) is 16.1. The monoisotopic (exact) mass is 1340 g/mol. The van der Waals surface area contributed by atoms with Crippen LogP contribution in [0.3, 0.4) is 0 Å². The number of aliphatic hydroxyl groups is 20. The Morgan fingerprint density at radius 3 is 0.989 bits per heavy atom. The van der Waals surface area contributed by atoms with E-state index < -0.39 is 271 Å². The summed E-state index contributed by atoms with van der Waals surface area (Å²) >= 11 is 1.83. The molecule has 0 aromatic carbocycles. The summed E-state index contributed by atoms with van der Waals surface area (Å²) in [6.07, 6.45) is -64.2. The molecule has 40 heteroatoms. The third-order valence-corrected chi connectivity index (χ3v) is 18.5. The Hall–Kier alpha value is -1.72. The fourth-order valence-corrected chi connectivity index (χ4v) is 12.9. The molecule has 0 aromatic rings. The first-order valence-electron chi connectivity index (χ1n) is 28.2. The van der Waals surface area contributed by atoms with Crippen molar-refractivity contribution in [1.82, 2.24) is 0 Å². The molecule has 518 valence electrons. The molecule has 0 aliphatic carbocycles. The summed E-state index contributed by atoms with van der Waals surface area (Å²) < 4.78 is 74.2. The predicted octanol–water partition coefficient (Wildman–Crippen LogP) is -14.0. The number of nitrogens with two attached hydrogens (primary N) is 1. The van der Waals surface area contributed by atoms with Crippen LogP contribution in [0.1, 0.15) is 6.92 Å². The van der Waals surface area contributed by atoms with Gasteiger partial charge in [-0.15, -0.1) is 0 Å². The molecule has 36 atom stereocenters. The first-order valence-corrected chi connectivity index (χ1v) is 30.5. The second kappa shape index (κ2) is 33.3. The zero-order chi connectivity index (χ0) is 65.6. The Labute approximate surface area is 513 Å². The number of carboxylic acids is 2. The van der Waals surface area contributed by atoms with Gasteiger partial charge in [0, 0.05) is 23.0 Å². The highest BCUT2D eigenvalue weighted by Gasteiger charge is 2.58. The van der Waals surface area contributed by atoms with Crippen LogP contribution in [-0.2, 0) is 71.2 Å². The molecule has 7 saturated heterocycles. The van der Waals surface area contributed by atoms with Crippen molar-refractivity contribution in [2.24, 2.45) is 11.7 Å². The van der Waals surface area contributed by atoms with Gasteiger partial charge in [0.05, 0.1) is 57.8 Å². The average molecular weight is 1340 g/mol. The van der Waals surface area contributed by atoms with Crippen molar-refractivity contribution in [3.63, 3.8) is 0 Å². The first kappa shape index (κ1) is 74.7. The lowest BCUT2D eigenvalue weighted by atomic mass is 9.95. The zero-order valence-electron chi connectivity index (χ0n) is 47.2. The number of rotatable bonds is 27. The molecule has 0 bridgehead atoms. The van der Waals surface area contributed by atoms with E-state index in [1.807, 2.05) is 0 Å². The summed E-state index contributed by atoms with van der Waals surface area (Å²) in [6.45, 7) is -3.79. The highest BCUT2D eigenvalue weighted by molar-refractivity contribution is 7.99. The minimum atomic E-state index is -2.25. The second-order valence-corrected chi connectivity index (χ2v) is 24.5. The van der Waals surface area contributed by atoms with E-state index in [9.17, 15) is 122 Å². The number of hydrogen-bond acceptors (Lipinski definition) is 38. The fraction of sp³-hybridized carbons (Fsp3) is 0.959. The van der Waals surface area contributed by atoms with Crippen LogP contribution in [0.2, 0.25) is 0 Å². The van der Waals surface area contributed by atoms with Crippen LogP contribution in [0, 0.1) is 5.92 Å². The predicted molar refractivity (Wildman–Crippen MR) is 284 cm³/mol. The van der Waals surface area contributed by atoms with Gasteiger partial charge in [0.1, 0.15) is 165 Å². The zero-order valence-corrected chi connectivity index (χ0v) is 48.8. The number of carbonyl (C=O) groups is 2. The van der Waals surface area contributed by atoms with Gasteiger partial charge in [-0.1, -0.05) is 6.92 Å². The van der Waals surface area contributed by atoms with Crippen molar-refractivity contribution in [3.05, 3.63) is 0 Å². The molecule has 89 heavy (non-hydrogen) atoms. The van der Waals surface area contributed by atoms with Crippen molar-refractivity contribution in [1.29, 1.82) is 0 Å². The minimum Gasteiger partial charge on any atom is -0.481 e. The summed E-state index contributed by atoms with van der Waals surface area (Å²) in [7, 11) is 0. The van der Waals surface area contributed by atoms with Gasteiger partial charge < -0.3 is 180 Å². The lowest BCUT2D eigenvalue weighted by Gasteiger charge is -2.50. The molecule has 0 aromatic heterocycles. The van der Waals surface area contributed by atoms with Crippen molar-refractivity contribution in [3.8, 4) is 0 Å². The maximum absolute atomic E-state index is 11.7.